The van der Waals surface area contributed by atoms with Gasteiger partial charge in [0.15, 0.2) is 0 Å². The van der Waals surface area contributed by atoms with Gasteiger partial charge in [0.25, 0.3) is 0 Å². The van der Waals surface area contributed by atoms with E-state index in [1.807, 2.05) is 12.1 Å². The van der Waals surface area contributed by atoms with Crippen LogP contribution in [0.5, 0.6) is 0 Å². The highest BCUT2D eigenvalue weighted by molar-refractivity contribution is 6.43. The highest BCUT2D eigenvalue weighted by Crippen LogP contribution is 2.42. The zero-order valence-corrected chi connectivity index (χ0v) is 12.4. The van der Waals surface area contributed by atoms with Gasteiger partial charge >= 0.3 is 0 Å². The molecule has 4 heteroatoms. The summed E-state index contributed by atoms with van der Waals surface area (Å²) >= 11 is 18.2. The standard InChI is InChI=1S/C15H12Cl3N/c16-12-8-13(17)15(18)19-14(12)11-7-2-1-6-10(11)9-4-3-5-9/h1-2,6-9H,3-5H2. The highest BCUT2D eigenvalue weighted by Gasteiger charge is 2.23. The number of rotatable bonds is 2. The van der Waals surface area contributed by atoms with Gasteiger partial charge in [0.2, 0.25) is 0 Å². The summed E-state index contributed by atoms with van der Waals surface area (Å²) in [6, 6.07) is 9.91. The van der Waals surface area contributed by atoms with E-state index in [1.54, 1.807) is 6.07 Å². The molecule has 1 heterocycles. The first-order valence-electron chi connectivity index (χ1n) is 6.27. The van der Waals surface area contributed by atoms with E-state index in [-0.39, 0.29) is 0 Å². The molecule has 19 heavy (non-hydrogen) atoms. The molecule has 0 spiro atoms. The summed E-state index contributed by atoms with van der Waals surface area (Å²) in [5.41, 5.74) is 3.09. The van der Waals surface area contributed by atoms with E-state index >= 15 is 0 Å². The summed E-state index contributed by atoms with van der Waals surface area (Å²) in [7, 11) is 0. The topological polar surface area (TPSA) is 12.9 Å². The highest BCUT2D eigenvalue weighted by atomic mass is 35.5. The lowest BCUT2D eigenvalue weighted by atomic mass is 9.78. The molecular formula is C15H12Cl3N. The van der Waals surface area contributed by atoms with Gasteiger partial charge in [-0.3, -0.25) is 0 Å². The maximum atomic E-state index is 6.27. The molecule has 1 aromatic carbocycles. The second kappa shape index (κ2) is 5.32. The van der Waals surface area contributed by atoms with Crippen LogP contribution in [-0.2, 0) is 0 Å². The van der Waals surface area contributed by atoms with E-state index < -0.39 is 0 Å². The molecule has 0 aliphatic heterocycles. The summed E-state index contributed by atoms with van der Waals surface area (Å²) in [6.45, 7) is 0. The van der Waals surface area contributed by atoms with Gasteiger partial charge in [-0.2, -0.15) is 0 Å². The Kier molecular flexibility index (Phi) is 3.70. The van der Waals surface area contributed by atoms with E-state index in [0.717, 1.165) is 11.3 Å². The molecule has 3 rings (SSSR count). The van der Waals surface area contributed by atoms with E-state index in [2.05, 4.69) is 17.1 Å². The molecule has 0 bridgehead atoms. The Morgan fingerprint density at radius 3 is 2.42 bits per heavy atom. The lowest BCUT2D eigenvalue weighted by Gasteiger charge is -2.28. The van der Waals surface area contributed by atoms with Gasteiger partial charge in [0.05, 0.1) is 15.7 Å². The molecule has 0 N–H and O–H groups in total. The van der Waals surface area contributed by atoms with Gasteiger partial charge in [0.1, 0.15) is 5.15 Å². The number of benzene rings is 1. The largest absolute Gasteiger partial charge is 0.233 e. The van der Waals surface area contributed by atoms with Crippen molar-refractivity contribution < 1.29 is 0 Å². The van der Waals surface area contributed by atoms with E-state index in [9.17, 15) is 0 Å². The molecule has 1 fully saturated rings. The van der Waals surface area contributed by atoms with Crippen molar-refractivity contribution in [1.29, 1.82) is 0 Å². The quantitative estimate of drug-likeness (QED) is 0.622. The fraction of sp³-hybridized carbons (Fsp3) is 0.267. The molecule has 98 valence electrons. The van der Waals surface area contributed by atoms with Crippen LogP contribution >= 0.6 is 34.8 Å². The maximum Gasteiger partial charge on any atom is 0.148 e. The molecular weight excluding hydrogens is 301 g/mol. The number of hydrogen-bond donors (Lipinski definition) is 0. The van der Waals surface area contributed by atoms with E-state index in [1.165, 1.54) is 24.8 Å². The SMILES string of the molecule is Clc1cc(Cl)c(-c2ccccc2C2CCC2)nc1Cl. The Morgan fingerprint density at radius 2 is 1.74 bits per heavy atom. The third-order valence-corrected chi connectivity index (χ3v) is 4.61. The van der Waals surface area contributed by atoms with Crippen molar-refractivity contribution in [2.45, 2.75) is 25.2 Å². The second-order valence-corrected chi connectivity index (χ2v) is 5.98. The van der Waals surface area contributed by atoms with Crippen molar-refractivity contribution in [2.24, 2.45) is 0 Å². The molecule has 1 aliphatic carbocycles. The number of halogens is 3. The van der Waals surface area contributed by atoms with Crippen LogP contribution < -0.4 is 0 Å². The molecule has 0 radical (unpaired) electrons. The number of hydrogen-bond acceptors (Lipinski definition) is 1. The molecule has 1 nitrogen and oxygen atoms in total. The minimum Gasteiger partial charge on any atom is -0.233 e. The number of aromatic nitrogens is 1. The van der Waals surface area contributed by atoms with Crippen LogP contribution in [-0.4, -0.2) is 4.98 Å². The third-order valence-electron chi connectivity index (χ3n) is 3.65. The first kappa shape index (κ1) is 13.2. The van der Waals surface area contributed by atoms with Crippen molar-refractivity contribution in [2.75, 3.05) is 0 Å². The van der Waals surface area contributed by atoms with Crippen LogP contribution in [0.25, 0.3) is 11.3 Å². The van der Waals surface area contributed by atoms with E-state index in [4.69, 9.17) is 34.8 Å². The summed E-state index contributed by atoms with van der Waals surface area (Å²) in [5.74, 6) is 0.614. The predicted octanol–water partition coefficient (Wildman–Crippen LogP) is 5.98. The minimum absolute atomic E-state index is 0.296. The predicted molar refractivity (Wildman–Crippen MR) is 81.3 cm³/mol. The van der Waals surface area contributed by atoms with Gasteiger partial charge in [-0.05, 0) is 30.4 Å². The van der Waals surface area contributed by atoms with Crippen LogP contribution in [0.1, 0.15) is 30.7 Å². The normalized spacial score (nSPS) is 15.3. The van der Waals surface area contributed by atoms with Gasteiger partial charge in [0, 0.05) is 5.56 Å². The average Bonchev–Trinajstić information content (AvgIpc) is 2.33. The molecule has 0 amide bonds. The maximum absolute atomic E-state index is 6.27. The van der Waals surface area contributed by atoms with E-state index in [0.29, 0.717) is 21.1 Å². The van der Waals surface area contributed by atoms with Crippen LogP contribution in [0.15, 0.2) is 30.3 Å². The molecule has 1 aromatic heterocycles. The van der Waals surface area contributed by atoms with Gasteiger partial charge < -0.3 is 0 Å². The zero-order chi connectivity index (χ0) is 13.4. The van der Waals surface area contributed by atoms with Crippen molar-refractivity contribution in [1.82, 2.24) is 4.98 Å². The van der Waals surface area contributed by atoms with Gasteiger partial charge in [-0.25, -0.2) is 4.98 Å². The zero-order valence-electron chi connectivity index (χ0n) is 10.2. The summed E-state index contributed by atoms with van der Waals surface area (Å²) in [6.07, 6.45) is 3.76. The average molecular weight is 313 g/mol. The molecule has 1 aliphatic rings. The van der Waals surface area contributed by atoms with Crippen molar-refractivity contribution >= 4 is 34.8 Å². The van der Waals surface area contributed by atoms with Crippen molar-refractivity contribution in [3.05, 3.63) is 51.1 Å². The van der Waals surface area contributed by atoms with Crippen LogP contribution in [0.4, 0.5) is 0 Å². The monoisotopic (exact) mass is 311 g/mol. The van der Waals surface area contributed by atoms with Crippen LogP contribution in [0.2, 0.25) is 15.2 Å². The first-order chi connectivity index (χ1) is 9.16. The fourth-order valence-corrected chi connectivity index (χ4v) is 3.02. The molecule has 0 saturated heterocycles. The van der Waals surface area contributed by atoms with Gasteiger partial charge in [-0.1, -0.05) is 65.5 Å². The lowest BCUT2D eigenvalue weighted by Crippen LogP contribution is -2.10. The second-order valence-electron chi connectivity index (χ2n) is 4.81. The molecule has 2 aromatic rings. The fourth-order valence-electron chi connectivity index (χ4n) is 2.42. The first-order valence-corrected chi connectivity index (χ1v) is 7.41. The van der Waals surface area contributed by atoms with Gasteiger partial charge in [-0.15, -0.1) is 0 Å². The molecule has 0 unspecified atom stereocenters. The molecule has 0 atom stereocenters. The lowest BCUT2D eigenvalue weighted by molar-refractivity contribution is 0.420. The number of pyridine rings is 1. The van der Waals surface area contributed by atoms with Crippen molar-refractivity contribution in [3.8, 4) is 11.3 Å². The third kappa shape index (κ3) is 2.47. The van der Waals surface area contributed by atoms with Crippen LogP contribution in [0, 0.1) is 0 Å². The summed E-state index contributed by atoms with van der Waals surface area (Å²) < 4.78 is 0. The minimum atomic E-state index is 0.296. The Bertz CT molecular complexity index is 621. The Hall–Kier alpha value is -0.760. The Morgan fingerprint density at radius 1 is 1.00 bits per heavy atom. The molecule has 1 saturated carbocycles. The Balaban J connectivity index is 2.14. The van der Waals surface area contributed by atoms with Crippen molar-refractivity contribution in [3.63, 3.8) is 0 Å². The Labute approximate surface area is 127 Å². The summed E-state index contributed by atoms with van der Waals surface area (Å²) in [5, 5.41) is 1.22. The smallest absolute Gasteiger partial charge is 0.148 e. The summed E-state index contributed by atoms with van der Waals surface area (Å²) in [4.78, 5) is 4.35. The number of nitrogens with zero attached hydrogens (tertiary/aromatic N) is 1. The van der Waals surface area contributed by atoms with Crippen LogP contribution in [0.3, 0.4) is 0 Å².